The van der Waals surface area contributed by atoms with E-state index in [-0.39, 0.29) is 5.91 Å². The second kappa shape index (κ2) is 8.64. The zero-order valence-electron chi connectivity index (χ0n) is 15.4. The van der Waals surface area contributed by atoms with E-state index < -0.39 is 0 Å². The van der Waals surface area contributed by atoms with Crippen LogP contribution < -0.4 is 21.5 Å². The molecule has 0 aliphatic carbocycles. The van der Waals surface area contributed by atoms with Crippen molar-refractivity contribution in [1.29, 1.82) is 0 Å². The number of thiocarbonyl (C=S) groups is 1. The summed E-state index contributed by atoms with van der Waals surface area (Å²) in [5.41, 5.74) is 9.85. The molecule has 140 valence electrons. The van der Waals surface area contributed by atoms with Gasteiger partial charge in [0.05, 0.1) is 5.56 Å². The number of benzene rings is 2. The number of amides is 1. The minimum Gasteiger partial charge on any atom is -0.370 e. The summed E-state index contributed by atoms with van der Waals surface area (Å²) in [6.07, 6.45) is 0.998. The zero-order valence-corrected chi connectivity index (χ0v) is 16.2. The van der Waals surface area contributed by atoms with Crippen molar-refractivity contribution in [2.45, 2.75) is 20.3 Å². The minimum atomic E-state index is -0.272. The Labute approximate surface area is 164 Å². The number of carbonyl (C=O) groups excluding carboxylic acids is 1. The average molecular weight is 382 g/mol. The lowest BCUT2D eigenvalue weighted by Gasteiger charge is -2.18. The third kappa shape index (κ3) is 4.62. The number of anilines is 1. The van der Waals surface area contributed by atoms with E-state index in [2.05, 4.69) is 26.5 Å². The molecule has 0 saturated heterocycles. The van der Waals surface area contributed by atoms with Gasteiger partial charge in [-0.3, -0.25) is 20.6 Å². The van der Waals surface area contributed by atoms with E-state index in [1.54, 1.807) is 6.07 Å². The molecule has 2 aromatic carbocycles. The van der Waals surface area contributed by atoms with Crippen molar-refractivity contribution in [3.05, 3.63) is 64.7 Å². The van der Waals surface area contributed by atoms with Gasteiger partial charge in [-0.1, -0.05) is 36.4 Å². The number of hydrazine groups is 1. The van der Waals surface area contributed by atoms with Crippen LogP contribution in [0, 0.1) is 13.8 Å². The van der Waals surface area contributed by atoms with Gasteiger partial charge in [-0.2, -0.15) is 0 Å². The largest absolute Gasteiger partial charge is 0.370 e. The van der Waals surface area contributed by atoms with Crippen LogP contribution in [0.15, 0.2) is 47.5 Å². The van der Waals surface area contributed by atoms with E-state index in [4.69, 9.17) is 12.2 Å². The molecule has 7 heteroatoms. The van der Waals surface area contributed by atoms with Crippen LogP contribution in [0.25, 0.3) is 0 Å². The van der Waals surface area contributed by atoms with Gasteiger partial charge in [-0.05, 0) is 49.7 Å². The quantitative estimate of drug-likeness (QED) is 0.486. The highest BCUT2D eigenvalue weighted by molar-refractivity contribution is 7.80. The number of nitrogens with zero attached hydrogens (tertiary/aromatic N) is 1. The number of carbonyl (C=O) groups is 1. The number of hydrogen-bond acceptors (Lipinski definition) is 4. The lowest BCUT2D eigenvalue weighted by molar-refractivity contribution is 0.0944. The molecule has 0 radical (unpaired) electrons. The molecular formula is C20H23N5OS. The van der Waals surface area contributed by atoms with Crippen LogP contribution in [0.1, 0.15) is 33.5 Å². The van der Waals surface area contributed by atoms with Crippen LogP contribution in [0.2, 0.25) is 0 Å². The molecule has 0 saturated carbocycles. The molecule has 2 aromatic rings. The maximum atomic E-state index is 12.7. The zero-order chi connectivity index (χ0) is 19.2. The Morgan fingerprint density at radius 2 is 1.81 bits per heavy atom. The first-order valence-corrected chi connectivity index (χ1v) is 9.28. The lowest BCUT2D eigenvalue weighted by Crippen LogP contribution is -2.44. The molecule has 1 heterocycles. The number of aryl methyl sites for hydroxylation is 2. The summed E-state index contributed by atoms with van der Waals surface area (Å²) in [4.78, 5) is 17.1. The van der Waals surface area contributed by atoms with Crippen LogP contribution in [0.5, 0.6) is 0 Å². The lowest BCUT2D eigenvalue weighted by atomic mass is 10.1. The molecule has 1 aliphatic heterocycles. The molecule has 27 heavy (non-hydrogen) atoms. The number of rotatable bonds is 3. The number of hydrogen-bond donors (Lipinski definition) is 4. The van der Waals surface area contributed by atoms with Gasteiger partial charge in [0.1, 0.15) is 5.84 Å². The summed E-state index contributed by atoms with van der Waals surface area (Å²) in [7, 11) is 0. The van der Waals surface area contributed by atoms with Crippen molar-refractivity contribution in [2.24, 2.45) is 4.99 Å². The molecule has 6 nitrogen and oxygen atoms in total. The smallest absolute Gasteiger partial charge is 0.270 e. The Bertz CT molecular complexity index is 873. The van der Waals surface area contributed by atoms with E-state index in [0.717, 1.165) is 47.7 Å². The highest BCUT2D eigenvalue weighted by Crippen LogP contribution is 2.19. The van der Waals surface area contributed by atoms with Gasteiger partial charge in [-0.25, -0.2) is 0 Å². The van der Waals surface area contributed by atoms with Gasteiger partial charge >= 0.3 is 0 Å². The molecule has 0 atom stereocenters. The molecule has 1 aliphatic rings. The van der Waals surface area contributed by atoms with Gasteiger partial charge in [0.25, 0.3) is 5.91 Å². The third-order valence-corrected chi connectivity index (χ3v) is 4.54. The molecule has 0 bridgehead atoms. The Morgan fingerprint density at radius 1 is 1.07 bits per heavy atom. The summed E-state index contributed by atoms with van der Waals surface area (Å²) >= 11 is 5.31. The fourth-order valence-electron chi connectivity index (χ4n) is 2.94. The van der Waals surface area contributed by atoms with E-state index in [1.807, 2.05) is 50.2 Å². The van der Waals surface area contributed by atoms with Gasteiger partial charge in [0.2, 0.25) is 0 Å². The Hall–Kier alpha value is -2.93. The van der Waals surface area contributed by atoms with Crippen molar-refractivity contribution < 1.29 is 4.79 Å². The fraction of sp³-hybridized carbons (Fsp3) is 0.250. The molecule has 4 N–H and O–H groups in total. The molecule has 1 amide bonds. The van der Waals surface area contributed by atoms with Crippen LogP contribution in [-0.2, 0) is 0 Å². The second-order valence-electron chi connectivity index (χ2n) is 6.36. The Kier molecular flexibility index (Phi) is 6.03. The highest BCUT2D eigenvalue weighted by Gasteiger charge is 2.16. The summed E-state index contributed by atoms with van der Waals surface area (Å²) in [6.45, 7) is 5.63. The summed E-state index contributed by atoms with van der Waals surface area (Å²) in [6, 6.07) is 13.4. The molecular weight excluding hydrogens is 358 g/mol. The van der Waals surface area contributed by atoms with E-state index in [1.165, 1.54) is 0 Å². The van der Waals surface area contributed by atoms with E-state index in [0.29, 0.717) is 10.7 Å². The summed E-state index contributed by atoms with van der Waals surface area (Å²) < 4.78 is 0. The highest BCUT2D eigenvalue weighted by atomic mass is 32.1. The van der Waals surface area contributed by atoms with Crippen LogP contribution in [0.3, 0.4) is 0 Å². The molecule has 3 rings (SSSR count). The normalized spacial score (nSPS) is 13.2. The summed E-state index contributed by atoms with van der Waals surface area (Å²) in [5.74, 6) is 0.481. The topological polar surface area (TPSA) is 77.5 Å². The van der Waals surface area contributed by atoms with Crippen molar-refractivity contribution in [1.82, 2.24) is 16.2 Å². The number of nitrogens with one attached hydrogen (secondary N) is 4. The SMILES string of the molecule is Cc1cccc(C)c1NC(=S)NNC(=O)c1ccccc1C1=NCCCN1. The van der Waals surface area contributed by atoms with Gasteiger partial charge in [0.15, 0.2) is 5.11 Å². The number of para-hydroxylation sites is 1. The Balaban J connectivity index is 1.66. The van der Waals surface area contributed by atoms with Crippen molar-refractivity contribution in [3.63, 3.8) is 0 Å². The fourth-order valence-corrected chi connectivity index (χ4v) is 3.09. The van der Waals surface area contributed by atoms with E-state index >= 15 is 0 Å². The Morgan fingerprint density at radius 3 is 2.52 bits per heavy atom. The number of amidine groups is 1. The van der Waals surface area contributed by atoms with Crippen molar-refractivity contribution in [2.75, 3.05) is 18.4 Å². The van der Waals surface area contributed by atoms with Crippen molar-refractivity contribution >= 4 is 34.8 Å². The molecule has 0 aromatic heterocycles. The second-order valence-corrected chi connectivity index (χ2v) is 6.76. The predicted octanol–water partition coefficient (Wildman–Crippen LogP) is 2.67. The average Bonchev–Trinajstić information content (AvgIpc) is 2.70. The maximum Gasteiger partial charge on any atom is 0.270 e. The van der Waals surface area contributed by atoms with Crippen LogP contribution in [0.4, 0.5) is 5.69 Å². The molecule has 0 unspecified atom stereocenters. The molecule has 0 spiro atoms. The van der Waals surface area contributed by atoms with Crippen LogP contribution >= 0.6 is 12.2 Å². The minimum absolute atomic E-state index is 0.272. The van der Waals surface area contributed by atoms with Gasteiger partial charge in [-0.15, -0.1) is 0 Å². The first kappa shape index (κ1) is 18.8. The van der Waals surface area contributed by atoms with E-state index in [9.17, 15) is 4.79 Å². The van der Waals surface area contributed by atoms with Crippen molar-refractivity contribution in [3.8, 4) is 0 Å². The first-order chi connectivity index (χ1) is 13.1. The molecule has 0 fully saturated rings. The maximum absolute atomic E-state index is 12.7. The predicted molar refractivity (Wildman–Crippen MR) is 113 cm³/mol. The monoisotopic (exact) mass is 381 g/mol. The third-order valence-electron chi connectivity index (χ3n) is 4.33. The standard InChI is InChI=1S/C20H23N5OS/c1-13-7-5-8-14(2)17(13)23-20(27)25-24-19(26)16-10-4-3-9-15(16)18-21-11-6-12-22-18/h3-5,7-10H,6,11-12H2,1-2H3,(H,21,22)(H,24,26)(H2,23,25,27). The summed E-state index contributed by atoms with van der Waals surface area (Å²) in [5, 5.41) is 6.71. The van der Waals surface area contributed by atoms with Gasteiger partial charge < -0.3 is 10.6 Å². The van der Waals surface area contributed by atoms with Crippen LogP contribution in [-0.4, -0.2) is 29.9 Å². The first-order valence-electron chi connectivity index (χ1n) is 8.87. The number of aliphatic imine (C=N–C) groups is 1. The van der Waals surface area contributed by atoms with Gasteiger partial charge in [0, 0.05) is 24.3 Å².